The van der Waals surface area contributed by atoms with Gasteiger partial charge in [0.2, 0.25) is 5.88 Å². The first-order valence-corrected chi connectivity index (χ1v) is 4.67. The van der Waals surface area contributed by atoms with Gasteiger partial charge in [0.05, 0.1) is 0 Å². The number of carbonyl (C=O) groups excluding carboxylic acids is 1. The minimum atomic E-state index is 0.265. The van der Waals surface area contributed by atoms with Crippen molar-refractivity contribution in [3.05, 3.63) is 29.6 Å². The summed E-state index contributed by atoms with van der Waals surface area (Å²) in [5.41, 5.74) is 2.67. The number of hydrogen-bond donors (Lipinski definition) is 1. The van der Waals surface area contributed by atoms with Crippen LogP contribution in [0, 0.1) is 6.92 Å². The fourth-order valence-corrected chi connectivity index (χ4v) is 1.42. The lowest BCUT2D eigenvalue weighted by molar-refractivity contribution is -0.0979. The third-order valence-corrected chi connectivity index (χ3v) is 2.15. The van der Waals surface area contributed by atoms with E-state index in [1.165, 1.54) is 0 Å². The number of hydrogen-bond acceptors (Lipinski definition) is 3. The zero-order valence-corrected chi connectivity index (χ0v) is 8.90. The van der Waals surface area contributed by atoms with Gasteiger partial charge in [0, 0.05) is 6.20 Å². The second kappa shape index (κ2) is 4.59. The van der Waals surface area contributed by atoms with Crippen LogP contribution in [0.5, 0.6) is 5.88 Å². The van der Waals surface area contributed by atoms with E-state index in [-0.39, 0.29) is 5.88 Å². The van der Waals surface area contributed by atoms with E-state index in [9.17, 15) is 5.11 Å². The van der Waals surface area contributed by atoms with Crippen LogP contribution in [0.15, 0.2) is 18.3 Å². The van der Waals surface area contributed by atoms with Gasteiger partial charge in [0.1, 0.15) is 18.1 Å². The second-order valence-electron chi connectivity index (χ2n) is 3.17. The summed E-state index contributed by atoms with van der Waals surface area (Å²) < 4.78 is 1.72. The number of fused-ring (bicyclic) bond motifs is 1. The fourth-order valence-electron chi connectivity index (χ4n) is 1.42. The van der Waals surface area contributed by atoms with E-state index in [0.717, 1.165) is 23.3 Å². The van der Waals surface area contributed by atoms with Gasteiger partial charge in [-0.25, -0.2) is 4.98 Å². The minimum Gasteiger partial charge on any atom is -0.493 e. The van der Waals surface area contributed by atoms with Gasteiger partial charge < -0.3 is 9.90 Å². The van der Waals surface area contributed by atoms with Crippen molar-refractivity contribution in [3.8, 4) is 5.88 Å². The lowest BCUT2D eigenvalue weighted by atomic mass is 10.3. The van der Waals surface area contributed by atoms with Gasteiger partial charge >= 0.3 is 0 Å². The molecule has 0 saturated heterocycles. The molecule has 4 heteroatoms. The van der Waals surface area contributed by atoms with Gasteiger partial charge in [-0.2, -0.15) is 0 Å². The molecule has 80 valence electrons. The van der Waals surface area contributed by atoms with Crippen LogP contribution in [0.4, 0.5) is 0 Å². The van der Waals surface area contributed by atoms with E-state index in [4.69, 9.17) is 4.79 Å². The maximum atomic E-state index is 9.71. The van der Waals surface area contributed by atoms with Crippen LogP contribution in [0.1, 0.15) is 18.2 Å². The summed E-state index contributed by atoms with van der Waals surface area (Å²) >= 11 is 0. The highest BCUT2D eigenvalue weighted by atomic mass is 16.3. The molecule has 0 aromatic carbocycles. The Balaban J connectivity index is 0.000000531. The van der Waals surface area contributed by atoms with Crippen molar-refractivity contribution in [2.75, 3.05) is 0 Å². The third-order valence-electron chi connectivity index (χ3n) is 2.15. The van der Waals surface area contributed by atoms with Crippen molar-refractivity contribution in [3.63, 3.8) is 0 Å². The molecule has 0 aliphatic rings. The molecular weight excluding hydrogens is 192 g/mol. The van der Waals surface area contributed by atoms with Crippen LogP contribution in [-0.4, -0.2) is 21.3 Å². The summed E-state index contributed by atoms with van der Waals surface area (Å²) in [7, 11) is 0. The first kappa shape index (κ1) is 11.2. The molecule has 0 aliphatic heterocycles. The highest BCUT2D eigenvalue weighted by molar-refractivity contribution is 5.46. The normalized spacial score (nSPS) is 9.73. The summed E-state index contributed by atoms with van der Waals surface area (Å²) in [6.07, 6.45) is 2.64. The Kier molecular flexibility index (Phi) is 3.44. The Morgan fingerprint density at radius 1 is 1.47 bits per heavy atom. The number of aromatic nitrogens is 2. The zero-order chi connectivity index (χ0) is 11.4. The number of pyridine rings is 1. The van der Waals surface area contributed by atoms with Gasteiger partial charge in [0.25, 0.3) is 0 Å². The predicted molar refractivity (Wildman–Crippen MR) is 58.1 cm³/mol. The first-order valence-electron chi connectivity index (χ1n) is 4.67. The Morgan fingerprint density at radius 3 is 2.73 bits per heavy atom. The molecule has 2 heterocycles. The zero-order valence-electron chi connectivity index (χ0n) is 8.90. The van der Waals surface area contributed by atoms with Crippen LogP contribution in [-0.2, 0) is 11.2 Å². The van der Waals surface area contributed by atoms with E-state index < -0.39 is 0 Å². The molecular formula is C11H14N2O2. The number of nitrogens with zero attached hydrogens (tertiary/aromatic N) is 2. The highest BCUT2D eigenvalue weighted by Gasteiger charge is 2.07. The van der Waals surface area contributed by atoms with Crippen LogP contribution in [0.25, 0.3) is 5.65 Å². The number of aromatic hydroxyl groups is 1. The predicted octanol–water partition coefficient (Wildman–Crippen LogP) is 1.73. The summed E-state index contributed by atoms with van der Waals surface area (Å²) in [6, 6.07) is 3.90. The van der Waals surface area contributed by atoms with Crippen molar-refractivity contribution in [1.29, 1.82) is 0 Å². The van der Waals surface area contributed by atoms with Crippen LogP contribution >= 0.6 is 0 Å². The lowest BCUT2D eigenvalue weighted by Crippen LogP contribution is -1.84. The smallest absolute Gasteiger partial charge is 0.219 e. The molecule has 2 rings (SSSR count). The Morgan fingerprint density at radius 2 is 2.13 bits per heavy atom. The van der Waals surface area contributed by atoms with Crippen molar-refractivity contribution >= 4 is 12.4 Å². The Bertz CT molecular complexity index is 463. The van der Waals surface area contributed by atoms with Crippen molar-refractivity contribution in [2.24, 2.45) is 0 Å². The van der Waals surface area contributed by atoms with Crippen molar-refractivity contribution < 1.29 is 9.90 Å². The quantitative estimate of drug-likeness (QED) is 0.773. The molecule has 0 spiro atoms. The summed E-state index contributed by atoms with van der Waals surface area (Å²) in [5.74, 6) is 0.265. The van der Waals surface area contributed by atoms with Crippen molar-refractivity contribution in [2.45, 2.75) is 20.3 Å². The number of carbonyl (C=O) groups is 1. The minimum absolute atomic E-state index is 0.265. The number of aryl methyl sites for hydroxylation is 2. The SMILES string of the molecule is C=O.CCc1nc2ccc(C)cn2c1O. The average Bonchev–Trinajstić information content (AvgIpc) is 2.59. The Hall–Kier alpha value is -1.84. The van der Waals surface area contributed by atoms with E-state index in [0.29, 0.717) is 0 Å². The van der Waals surface area contributed by atoms with E-state index in [1.54, 1.807) is 4.40 Å². The highest BCUT2D eigenvalue weighted by Crippen LogP contribution is 2.19. The third kappa shape index (κ3) is 1.98. The maximum absolute atomic E-state index is 9.71. The van der Waals surface area contributed by atoms with Crippen molar-refractivity contribution in [1.82, 2.24) is 9.38 Å². The van der Waals surface area contributed by atoms with Crippen LogP contribution in [0.3, 0.4) is 0 Å². The van der Waals surface area contributed by atoms with E-state index >= 15 is 0 Å². The first-order chi connectivity index (χ1) is 7.22. The number of rotatable bonds is 1. The van der Waals surface area contributed by atoms with E-state index in [2.05, 4.69) is 4.98 Å². The van der Waals surface area contributed by atoms with Gasteiger partial charge in [-0.05, 0) is 25.0 Å². The molecule has 0 atom stereocenters. The summed E-state index contributed by atoms with van der Waals surface area (Å²) in [6.45, 7) is 5.97. The molecule has 15 heavy (non-hydrogen) atoms. The van der Waals surface area contributed by atoms with Gasteiger partial charge in [-0.1, -0.05) is 13.0 Å². The molecule has 0 aliphatic carbocycles. The second-order valence-corrected chi connectivity index (χ2v) is 3.17. The van der Waals surface area contributed by atoms with Gasteiger partial charge in [-0.3, -0.25) is 4.40 Å². The van der Waals surface area contributed by atoms with E-state index in [1.807, 2.05) is 39.0 Å². The summed E-state index contributed by atoms with van der Waals surface area (Å²) in [5, 5.41) is 9.71. The topological polar surface area (TPSA) is 54.6 Å². The van der Waals surface area contributed by atoms with Crippen LogP contribution < -0.4 is 0 Å². The van der Waals surface area contributed by atoms with Crippen LogP contribution in [0.2, 0.25) is 0 Å². The molecule has 0 amide bonds. The largest absolute Gasteiger partial charge is 0.493 e. The van der Waals surface area contributed by atoms with Gasteiger partial charge in [-0.15, -0.1) is 0 Å². The molecule has 2 aromatic heterocycles. The molecule has 1 N–H and O–H groups in total. The molecule has 0 unspecified atom stereocenters. The molecule has 4 nitrogen and oxygen atoms in total. The Labute approximate surface area is 88.2 Å². The lowest BCUT2D eigenvalue weighted by Gasteiger charge is -1.96. The summed E-state index contributed by atoms with van der Waals surface area (Å²) in [4.78, 5) is 12.3. The molecule has 0 fully saturated rings. The molecule has 0 radical (unpaired) electrons. The standard InChI is InChI=1S/C10H12N2O.CH2O/c1-3-8-10(13)12-6-7(2)4-5-9(12)11-8;1-2/h4-6,13H,3H2,1-2H3;1H2. The molecule has 0 bridgehead atoms. The number of imidazole rings is 1. The maximum Gasteiger partial charge on any atom is 0.219 e. The fraction of sp³-hybridized carbons (Fsp3) is 0.273. The molecule has 2 aromatic rings. The monoisotopic (exact) mass is 206 g/mol. The average molecular weight is 206 g/mol. The van der Waals surface area contributed by atoms with Gasteiger partial charge in [0.15, 0.2) is 0 Å². The molecule has 0 saturated carbocycles.